The number of carbonyl (C=O) groups excluding carboxylic acids is 1. The standard InChI is InChI=1S/C14H15BrN2O2S/c15-13-6-5-11(20-13)8-17-14(19)12(16)7-9-1-3-10(18)4-2-9/h1-6,12,18H,7-8,16H2,(H,17,19)/t12-/m1/s1. The lowest BCUT2D eigenvalue weighted by Gasteiger charge is -2.12. The molecule has 0 radical (unpaired) electrons. The fourth-order valence-corrected chi connectivity index (χ4v) is 3.15. The number of amides is 1. The van der Waals surface area contributed by atoms with Gasteiger partial charge in [-0.25, -0.2) is 0 Å². The zero-order valence-electron chi connectivity index (χ0n) is 10.7. The van der Waals surface area contributed by atoms with Crippen LogP contribution >= 0.6 is 27.3 Å². The van der Waals surface area contributed by atoms with Gasteiger partial charge in [0, 0.05) is 4.88 Å². The van der Waals surface area contributed by atoms with Crippen LogP contribution in [0.3, 0.4) is 0 Å². The van der Waals surface area contributed by atoms with E-state index in [1.807, 2.05) is 12.1 Å². The van der Waals surface area contributed by atoms with Gasteiger partial charge >= 0.3 is 0 Å². The topological polar surface area (TPSA) is 75.3 Å². The largest absolute Gasteiger partial charge is 0.508 e. The number of halogens is 1. The van der Waals surface area contributed by atoms with Crippen molar-refractivity contribution in [3.8, 4) is 5.75 Å². The first-order valence-electron chi connectivity index (χ1n) is 6.10. The van der Waals surface area contributed by atoms with E-state index in [9.17, 15) is 9.90 Å². The Bertz CT molecular complexity index is 583. The van der Waals surface area contributed by atoms with Crippen molar-refractivity contribution in [2.24, 2.45) is 5.73 Å². The van der Waals surface area contributed by atoms with Gasteiger partial charge in [0.05, 0.1) is 16.4 Å². The molecule has 1 heterocycles. The second-order valence-electron chi connectivity index (χ2n) is 4.40. The predicted molar refractivity (Wildman–Crippen MR) is 83.7 cm³/mol. The summed E-state index contributed by atoms with van der Waals surface area (Å²) in [5, 5.41) is 12.0. The first-order chi connectivity index (χ1) is 9.54. The Balaban J connectivity index is 1.84. The summed E-state index contributed by atoms with van der Waals surface area (Å²) in [7, 11) is 0. The van der Waals surface area contributed by atoms with Crippen LogP contribution in [0.1, 0.15) is 10.4 Å². The van der Waals surface area contributed by atoms with E-state index < -0.39 is 6.04 Å². The Hall–Kier alpha value is -1.37. The summed E-state index contributed by atoms with van der Waals surface area (Å²) in [6.45, 7) is 0.485. The molecule has 1 aromatic carbocycles. The maximum atomic E-state index is 11.9. The fraction of sp³-hybridized carbons (Fsp3) is 0.214. The Labute approximate surface area is 129 Å². The highest BCUT2D eigenvalue weighted by atomic mass is 79.9. The van der Waals surface area contributed by atoms with Gasteiger partial charge < -0.3 is 16.2 Å². The van der Waals surface area contributed by atoms with Gasteiger partial charge in [-0.3, -0.25) is 4.79 Å². The molecule has 1 atom stereocenters. The molecule has 0 aliphatic heterocycles. The molecule has 0 saturated heterocycles. The number of hydrogen-bond donors (Lipinski definition) is 3. The zero-order valence-corrected chi connectivity index (χ0v) is 13.1. The van der Waals surface area contributed by atoms with Crippen LogP contribution in [0.2, 0.25) is 0 Å². The van der Waals surface area contributed by atoms with Crippen LogP contribution in [0.25, 0.3) is 0 Å². The average molecular weight is 355 g/mol. The van der Waals surface area contributed by atoms with Crippen molar-refractivity contribution in [3.63, 3.8) is 0 Å². The van der Waals surface area contributed by atoms with Crippen LogP contribution in [-0.2, 0) is 17.8 Å². The van der Waals surface area contributed by atoms with Crippen LogP contribution in [0, 0.1) is 0 Å². The number of phenols is 1. The summed E-state index contributed by atoms with van der Waals surface area (Å²) in [4.78, 5) is 13.0. The summed E-state index contributed by atoms with van der Waals surface area (Å²) in [6.07, 6.45) is 0.445. The van der Waals surface area contributed by atoms with Crippen molar-refractivity contribution in [1.82, 2.24) is 5.32 Å². The molecule has 0 saturated carbocycles. The van der Waals surface area contributed by atoms with Gasteiger partial charge in [0.2, 0.25) is 5.91 Å². The molecule has 1 amide bonds. The first-order valence-corrected chi connectivity index (χ1v) is 7.71. The molecule has 0 aliphatic carbocycles. The van der Waals surface area contributed by atoms with Gasteiger partial charge in [0.15, 0.2) is 0 Å². The normalized spacial score (nSPS) is 12.1. The summed E-state index contributed by atoms with van der Waals surface area (Å²) < 4.78 is 1.04. The van der Waals surface area contributed by atoms with Gasteiger partial charge in [0.1, 0.15) is 5.75 Å². The molecule has 20 heavy (non-hydrogen) atoms. The molecular formula is C14H15BrN2O2S. The molecule has 6 heteroatoms. The highest BCUT2D eigenvalue weighted by Gasteiger charge is 2.14. The molecule has 0 unspecified atom stereocenters. The monoisotopic (exact) mass is 354 g/mol. The smallest absolute Gasteiger partial charge is 0.237 e. The molecule has 0 aliphatic rings. The van der Waals surface area contributed by atoms with E-state index in [1.165, 1.54) is 0 Å². The minimum atomic E-state index is -0.594. The quantitative estimate of drug-likeness (QED) is 0.771. The van der Waals surface area contributed by atoms with Crippen molar-refractivity contribution < 1.29 is 9.90 Å². The van der Waals surface area contributed by atoms with Gasteiger partial charge in [-0.1, -0.05) is 12.1 Å². The maximum Gasteiger partial charge on any atom is 0.237 e. The number of benzene rings is 1. The predicted octanol–water partition coefficient (Wildman–Crippen LogP) is 2.40. The number of carbonyl (C=O) groups is 1. The third kappa shape index (κ3) is 4.33. The molecule has 0 fully saturated rings. The van der Waals surface area contributed by atoms with E-state index in [4.69, 9.17) is 5.73 Å². The molecule has 4 N–H and O–H groups in total. The fourth-order valence-electron chi connectivity index (χ4n) is 1.73. The minimum Gasteiger partial charge on any atom is -0.508 e. The Morgan fingerprint density at radius 3 is 2.60 bits per heavy atom. The summed E-state index contributed by atoms with van der Waals surface area (Å²) in [5.41, 5.74) is 6.80. The third-order valence-electron chi connectivity index (χ3n) is 2.79. The van der Waals surface area contributed by atoms with Gasteiger partial charge in [-0.15, -0.1) is 11.3 Å². The highest BCUT2D eigenvalue weighted by Crippen LogP contribution is 2.21. The lowest BCUT2D eigenvalue weighted by molar-refractivity contribution is -0.122. The highest BCUT2D eigenvalue weighted by molar-refractivity contribution is 9.11. The van der Waals surface area contributed by atoms with Crippen molar-refractivity contribution in [1.29, 1.82) is 0 Å². The SMILES string of the molecule is N[C@H](Cc1ccc(O)cc1)C(=O)NCc1ccc(Br)s1. The summed E-state index contributed by atoms with van der Waals surface area (Å²) >= 11 is 4.96. The van der Waals surface area contributed by atoms with Crippen LogP contribution in [0.4, 0.5) is 0 Å². The third-order valence-corrected chi connectivity index (χ3v) is 4.42. The van der Waals surface area contributed by atoms with Crippen molar-refractivity contribution in [2.45, 2.75) is 19.0 Å². The average Bonchev–Trinajstić information content (AvgIpc) is 2.84. The van der Waals surface area contributed by atoms with Crippen LogP contribution < -0.4 is 11.1 Å². The van der Waals surface area contributed by atoms with Crippen LogP contribution in [-0.4, -0.2) is 17.1 Å². The van der Waals surface area contributed by atoms with E-state index in [0.717, 1.165) is 14.2 Å². The van der Waals surface area contributed by atoms with Gasteiger partial charge in [-0.2, -0.15) is 0 Å². The number of phenolic OH excluding ortho intramolecular Hbond substituents is 1. The Kier molecular flexibility index (Phi) is 5.17. The number of thiophene rings is 1. The molecule has 2 rings (SSSR count). The molecule has 0 spiro atoms. The van der Waals surface area contributed by atoms with Crippen LogP contribution in [0.15, 0.2) is 40.2 Å². The second-order valence-corrected chi connectivity index (χ2v) is 6.95. The van der Waals surface area contributed by atoms with Gasteiger partial charge in [-0.05, 0) is 52.2 Å². The lowest BCUT2D eigenvalue weighted by Crippen LogP contribution is -2.41. The number of nitrogens with one attached hydrogen (secondary N) is 1. The van der Waals surface area contributed by atoms with Crippen molar-refractivity contribution >= 4 is 33.2 Å². The summed E-state index contributed by atoms with van der Waals surface area (Å²) in [6, 6.07) is 10.0. The van der Waals surface area contributed by atoms with Gasteiger partial charge in [0.25, 0.3) is 0 Å². The second kappa shape index (κ2) is 6.88. The van der Waals surface area contributed by atoms with Crippen molar-refractivity contribution in [3.05, 3.63) is 50.6 Å². The first kappa shape index (κ1) is 15.0. The molecule has 1 aromatic heterocycles. The number of rotatable bonds is 5. The maximum absolute atomic E-state index is 11.9. The summed E-state index contributed by atoms with van der Waals surface area (Å²) in [5.74, 6) is 0.0256. The lowest BCUT2D eigenvalue weighted by atomic mass is 10.1. The molecular weight excluding hydrogens is 340 g/mol. The van der Waals surface area contributed by atoms with E-state index in [2.05, 4.69) is 21.2 Å². The van der Waals surface area contributed by atoms with E-state index in [-0.39, 0.29) is 11.7 Å². The van der Waals surface area contributed by atoms with E-state index in [1.54, 1.807) is 35.6 Å². The molecule has 4 nitrogen and oxygen atoms in total. The molecule has 0 bridgehead atoms. The minimum absolute atomic E-state index is 0.178. The zero-order chi connectivity index (χ0) is 14.5. The number of nitrogens with two attached hydrogens (primary N) is 1. The number of aromatic hydroxyl groups is 1. The van der Waals surface area contributed by atoms with E-state index >= 15 is 0 Å². The number of hydrogen-bond acceptors (Lipinski definition) is 4. The van der Waals surface area contributed by atoms with Crippen LogP contribution in [0.5, 0.6) is 5.75 Å². The van der Waals surface area contributed by atoms with E-state index in [0.29, 0.717) is 13.0 Å². The Morgan fingerprint density at radius 2 is 2.00 bits per heavy atom. The molecule has 2 aromatic rings. The van der Waals surface area contributed by atoms with Crippen molar-refractivity contribution in [2.75, 3.05) is 0 Å². The Morgan fingerprint density at radius 1 is 1.30 bits per heavy atom. The molecule has 106 valence electrons.